The molecule has 0 spiro atoms. The summed E-state index contributed by atoms with van der Waals surface area (Å²) in [6.07, 6.45) is 2.55. The van der Waals surface area contributed by atoms with Crippen molar-refractivity contribution in [3.05, 3.63) is 29.8 Å². The summed E-state index contributed by atoms with van der Waals surface area (Å²) in [6, 6.07) is 7.81. The van der Waals surface area contributed by atoms with Crippen LogP contribution in [-0.4, -0.2) is 23.0 Å². The first-order chi connectivity index (χ1) is 9.06. The summed E-state index contributed by atoms with van der Waals surface area (Å²) in [6.45, 7) is 1.98. The molecule has 2 aliphatic rings. The van der Waals surface area contributed by atoms with Crippen molar-refractivity contribution in [3.8, 4) is 0 Å². The zero-order valence-corrected chi connectivity index (χ0v) is 10.9. The highest BCUT2D eigenvalue weighted by Gasteiger charge is 2.54. The minimum absolute atomic E-state index is 0.0433. The molecular weight excluding hydrogens is 242 g/mol. The lowest BCUT2D eigenvalue weighted by Crippen LogP contribution is -2.54. The predicted molar refractivity (Wildman–Crippen MR) is 71.0 cm³/mol. The number of carboxylic acids is 1. The van der Waals surface area contributed by atoms with Crippen molar-refractivity contribution in [3.63, 3.8) is 0 Å². The first kappa shape index (κ1) is 12.2. The Morgan fingerprint density at radius 3 is 2.58 bits per heavy atom. The average molecular weight is 259 g/mol. The lowest BCUT2D eigenvalue weighted by atomic mass is 9.67. The van der Waals surface area contributed by atoms with E-state index in [9.17, 15) is 14.7 Å². The summed E-state index contributed by atoms with van der Waals surface area (Å²) in [5.41, 5.74) is 0.835. The number of para-hydroxylation sites is 1. The molecule has 1 saturated carbocycles. The van der Waals surface area contributed by atoms with Crippen LogP contribution in [-0.2, 0) is 16.0 Å². The van der Waals surface area contributed by atoms with Gasteiger partial charge in [0.25, 0.3) is 0 Å². The first-order valence-electron chi connectivity index (χ1n) is 6.71. The zero-order valence-electron chi connectivity index (χ0n) is 10.9. The number of carboxylic acid groups (broad SMARTS) is 1. The number of hydrogen-bond donors (Lipinski definition) is 1. The molecule has 0 saturated heterocycles. The number of amides is 1. The molecule has 1 aromatic carbocycles. The maximum absolute atomic E-state index is 12.7. The molecule has 1 aromatic rings. The van der Waals surface area contributed by atoms with Crippen molar-refractivity contribution in [2.75, 3.05) is 4.90 Å². The SMILES string of the molecule is CC1Cc2ccccc2N1C(=O)C1(C(=O)O)CCC1. The smallest absolute Gasteiger partial charge is 0.319 e. The summed E-state index contributed by atoms with van der Waals surface area (Å²) in [7, 11) is 0. The standard InChI is InChI=1S/C15H17NO3/c1-10-9-11-5-2-3-6-12(11)16(10)13(17)15(14(18)19)7-4-8-15/h2-3,5-6,10H,4,7-9H2,1H3,(H,18,19). The fourth-order valence-corrected chi connectivity index (χ4v) is 3.16. The lowest BCUT2D eigenvalue weighted by molar-refractivity contribution is -0.161. The molecule has 3 rings (SSSR count). The fraction of sp³-hybridized carbons (Fsp3) is 0.467. The van der Waals surface area contributed by atoms with Crippen LogP contribution in [0.3, 0.4) is 0 Å². The van der Waals surface area contributed by atoms with Crippen LogP contribution in [0.2, 0.25) is 0 Å². The number of hydrogen-bond acceptors (Lipinski definition) is 2. The fourth-order valence-electron chi connectivity index (χ4n) is 3.16. The summed E-state index contributed by atoms with van der Waals surface area (Å²) in [5, 5.41) is 9.40. The van der Waals surface area contributed by atoms with E-state index in [4.69, 9.17) is 0 Å². The largest absolute Gasteiger partial charge is 0.480 e. The third kappa shape index (κ3) is 1.59. The molecule has 19 heavy (non-hydrogen) atoms. The molecule has 1 amide bonds. The van der Waals surface area contributed by atoms with Gasteiger partial charge in [-0.05, 0) is 37.8 Å². The van der Waals surface area contributed by atoms with E-state index < -0.39 is 11.4 Å². The van der Waals surface area contributed by atoms with Gasteiger partial charge in [0.05, 0.1) is 0 Å². The highest BCUT2D eigenvalue weighted by Crippen LogP contribution is 2.45. The van der Waals surface area contributed by atoms with Crippen LogP contribution in [0, 0.1) is 5.41 Å². The molecule has 1 heterocycles. The zero-order chi connectivity index (χ0) is 13.6. The Kier molecular flexibility index (Phi) is 2.62. The number of nitrogens with zero attached hydrogens (tertiary/aromatic N) is 1. The van der Waals surface area contributed by atoms with E-state index in [0.717, 1.165) is 24.1 Å². The third-order valence-corrected chi connectivity index (χ3v) is 4.45. The molecule has 1 atom stereocenters. The van der Waals surface area contributed by atoms with E-state index in [1.807, 2.05) is 31.2 Å². The van der Waals surface area contributed by atoms with Crippen LogP contribution in [0.15, 0.2) is 24.3 Å². The van der Waals surface area contributed by atoms with Crippen molar-refractivity contribution in [2.24, 2.45) is 5.41 Å². The van der Waals surface area contributed by atoms with Crippen LogP contribution < -0.4 is 4.90 Å². The Balaban J connectivity index is 1.98. The lowest BCUT2D eigenvalue weighted by Gasteiger charge is -2.40. The second-order valence-corrected chi connectivity index (χ2v) is 5.60. The van der Waals surface area contributed by atoms with Gasteiger partial charge in [-0.1, -0.05) is 24.6 Å². The minimum Gasteiger partial charge on any atom is -0.480 e. The Hall–Kier alpha value is -1.84. The predicted octanol–water partition coefficient (Wildman–Crippen LogP) is 2.22. The summed E-state index contributed by atoms with van der Waals surface area (Å²) < 4.78 is 0. The normalized spacial score (nSPS) is 23.6. The van der Waals surface area contributed by atoms with Gasteiger partial charge >= 0.3 is 5.97 Å². The van der Waals surface area contributed by atoms with Crippen LogP contribution in [0.1, 0.15) is 31.7 Å². The van der Waals surface area contributed by atoms with E-state index in [2.05, 4.69) is 0 Å². The second-order valence-electron chi connectivity index (χ2n) is 5.60. The highest BCUT2D eigenvalue weighted by molar-refractivity contribution is 6.11. The number of aliphatic carboxylic acids is 1. The number of rotatable bonds is 2. The highest BCUT2D eigenvalue weighted by atomic mass is 16.4. The maximum Gasteiger partial charge on any atom is 0.319 e. The molecule has 0 radical (unpaired) electrons. The number of carbonyl (C=O) groups is 2. The molecule has 0 bridgehead atoms. The van der Waals surface area contributed by atoms with Gasteiger partial charge in [-0.25, -0.2) is 0 Å². The van der Waals surface area contributed by atoms with E-state index in [0.29, 0.717) is 12.8 Å². The van der Waals surface area contributed by atoms with Crippen molar-refractivity contribution < 1.29 is 14.7 Å². The van der Waals surface area contributed by atoms with Gasteiger partial charge in [-0.15, -0.1) is 0 Å². The van der Waals surface area contributed by atoms with Gasteiger partial charge in [0, 0.05) is 11.7 Å². The molecule has 1 aliphatic carbocycles. The average Bonchev–Trinajstić information content (AvgIpc) is 2.62. The maximum atomic E-state index is 12.7. The van der Waals surface area contributed by atoms with Gasteiger partial charge in [0.15, 0.2) is 0 Å². The van der Waals surface area contributed by atoms with Crippen molar-refractivity contribution in [2.45, 2.75) is 38.6 Å². The van der Waals surface area contributed by atoms with Gasteiger partial charge < -0.3 is 10.0 Å². The number of fused-ring (bicyclic) bond motifs is 1. The van der Waals surface area contributed by atoms with E-state index in [-0.39, 0.29) is 11.9 Å². The Labute approximate surface area is 112 Å². The molecule has 100 valence electrons. The quantitative estimate of drug-likeness (QED) is 0.828. The molecule has 4 nitrogen and oxygen atoms in total. The van der Waals surface area contributed by atoms with Crippen molar-refractivity contribution >= 4 is 17.6 Å². The minimum atomic E-state index is -1.17. The molecule has 1 aliphatic heterocycles. The van der Waals surface area contributed by atoms with Gasteiger partial charge in [-0.3, -0.25) is 9.59 Å². The Bertz CT molecular complexity index is 548. The van der Waals surface area contributed by atoms with Crippen molar-refractivity contribution in [1.29, 1.82) is 0 Å². The number of anilines is 1. The van der Waals surface area contributed by atoms with Gasteiger partial charge in [-0.2, -0.15) is 0 Å². The van der Waals surface area contributed by atoms with Gasteiger partial charge in [0.2, 0.25) is 5.91 Å². The summed E-state index contributed by atoms with van der Waals surface area (Å²) >= 11 is 0. The van der Waals surface area contributed by atoms with Crippen LogP contribution in [0.4, 0.5) is 5.69 Å². The van der Waals surface area contributed by atoms with Crippen molar-refractivity contribution in [1.82, 2.24) is 0 Å². The first-order valence-corrected chi connectivity index (χ1v) is 6.71. The summed E-state index contributed by atoms with van der Waals surface area (Å²) in [4.78, 5) is 25.9. The van der Waals surface area contributed by atoms with E-state index >= 15 is 0 Å². The molecule has 1 N–H and O–H groups in total. The molecule has 1 fully saturated rings. The number of carbonyl (C=O) groups excluding carboxylic acids is 1. The van der Waals surface area contributed by atoms with Crippen LogP contribution in [0.25, 0.3) is 0 Å². The topological polar surface area (TPSA) is 57.6 Å². The van der Waals surface area contributed by atoms with Gasteiger partial charge in [0.1, 0.15) is 5.41 Å². The van der Waals surface area contributed by atoms with E-state index in [1.165, 1.54) is 0 Å². The second kappa shape index (κ2) is 4.08. The molecular formula is C15H17NO3. The van der Waals surface area contributed by atoms with E-state index in [1.54, 1.807) is 4.90 Å². The molecule has 1 unspecified atom stereocenters. The summed E-state index contributed by atoms with van der Waals surface area (Å²) in [5.74, 6) is -1.20. The third-order valence-electron chi connectivity index (χ3n) is 4.45. The monoisotopic (exact) mass is 259 g/mol. The molecule has 4 heteroatoms. The van der Waals surface area contributed by atoms with Crippen LogP contribution in [0.5, 0.6) is 0 Å². The Morgan fingerprint density at radius 2 is 2.00 bits per heavy atom. The van der Waals surface area contributed by atoms with Crippen LogP contribution >= 0.6 is 0 Å². The Morgan fingerprint density at radius 1 is 1.32 bits per heavy atom. The number of benzene rings is 1. The molecule has 0 aromatic heterocycles.